The van der Waals surface area contributed by atoms with Gasteiger partial charge in [-0.25, -0.2) is 0 Å². The predicted molar refractivity (Wildman–Crippen MR) is 93.3 cm³/mol. The number of rotatable bonds is 8. The highest BCUT2D eigenvalue weighted by Gasteiger charge is 2.10. The van der Waals surface area contributed by atoms with Gasteiger partial charge in [-0.15, -0.1) is 6.58 Å². The highest BCUT2D eigenvalue weighted by Crippen LogP contribution is 2.21. The van der Waals surface area contributed by atoms with E-state index in [-0.39, 0.29) is 12.1 Å². The van der Waals surface area contributed by atoms with Crippen molar-refractivity contribution in [1.82, 2.24) is 10.2 Å². The molecule has 0 aliphatic heterocycles. The van der Waals surface area contributed by atoms with Gasteiger partial charge >= 0.3 is 0 Å². The van der Waals surface area contributed by atoms with Crippen molar-refractivity contribution >= 4 is 15.9 Å². The van der Waals surface area contributed by atoms with E-state index in [1.165, 1.54) is 11.1 Å². The van der Waals surface area contributed by atoms with E-state index >= 15 is 0 Å². The zero-order valence-electron chi connectivity index (χ0n) is 13.3. The lowest BCUT2D eigenvalue weighted by Gasteiger charge is -2.22. The van der Waals surface area contributed by atoms with E-state index in [2.05, 4.69) is 71.7 Å². The average molecular weight is 355 g/mol. The fraction of sp³-hybridized carbons (Fsp3) is 0.529. The van der Waals surface area contributed by atoms with Gasteiger partial charge in [-0.3, -0.25) is 4.90 Å². The molecule has 4 heteroatoms. The minimum atomic E-state index is 0.118. The molecule has 0 bridgehead atoms. The molecule has 0 radical (unpaired) electrons. The molecule has 1 aromatic carbocycles. The van der Waals surface area contributed by atoms with Crippen molar-refractivity contribution in [2.24, 2.45) is 0 Å². The van der Waals surface area contributed by atoms with Crippen LogP contribution in [0, 0.1) is 0 Å². The van der Waals surface area contributed by atoms with Crippen LogP contribution < -0.4 is 5.32 Å². The van der Waals surface area contributed by atoms with Crippen LogP contribution in [-0.4, -0.2) is 35.2 Å². The monoisotopic (exact) mass is 354 g/mol. The Hall–Kier alpha value is -0.680. The van der Waals surface area contributed by atoms with Crippen molar-refractivity contribution in [1.29, 1.82) is 0 Å². The number of hydrogen-bond acceptors (Lipinski definition) is 3. The van der Waals surface area contributed by atoms with E-state index in [0.29, 0.717) is 6.54 Å². The van der Waals surface area contributed by atoms with Crippen molar-refractivity contribution < 1.29 is 5.11 Å². The predicted octanol–water partition coefficient (Wildman–Crippen LogP) is 3.32. The van der Waals surface area contributed by atoms with Crippen LogP contribution in [0.25, 0.3) is 0 Å². The third kappa shape index (κ3) is 7.23. The second-order valence-electron chi connectivity index (χ2n) is 6.28. The largest absolute Gasteiger partial charge is 0.395 e. The van der Waals surface area contributed by atoms with Crippen LogP contribution in [0.5, 0.6) is 0 Å². The highest BCUT2D eigenvalue weighted by atomic mass is 79.9. The average Bonchev–Trinajstić information content (AvgIpc) is 2.39. The molecule has 0 aliphatic rings. The summed E-state index contributed by atoms with van der Waals surface area (Å²) in [7, 11) is 0. The zero-order chi connectivity index (χ0) is 15.9. The Morgan fingerprint density at radius 2 is 2.10 bits per heavy atom. The number of hydrogen-bond donors (Lipinski definition) is 2. The Bertz CT molecular complexity index is 455. The number of halogens is 1. The van der Waals surface area contributed by atoms with Crippen molar-refractivity contribution in [3.8, 4) is 0 Å². The lowest BCUT2D eigenvalue weighted by Crippen LogP contribution is -2.35. The minimum Gasteiger partial charge on any atom is -0.395 e. The number of aliphatic hydroxyl groups is 1. The molecule has 0 fully saturated rings. The van der Waals surface area contributed by atoms with Gasteiger partial charge in [0.05, 0.1) is 6.61 Å². The molecule has 1 rings (SSSR count). The molecular formula is C17H27BrN2O. The summed E-state index contributed by atoms with van der Waals surface area (Å²) in [5, 5.41) is 12.6. The zero-order valence-corrected chi connectivity index (χ0v) is 14.9. The number of nitrogens with zero attached hydrogens (tertiary/aromatic N) is 1. The molecule has 1 aromatic rings. The highest BCUT2D eigenvalue weighted by molar-refractivity contribution is 9.10. The Morgan fingerprint density at radius 3 is 2.62 bits per heavy atom. The van der Waals surface area contributed by atoms with Crippen molar-refractivity contribution in [3.63, 3.8) is 0 Å². The van der Waals surface area contributed by atoms with Crippen LogP contribution in [0.2, 0.25) is 0 Å². The van der Waals surface area contributed by atoms with Gasteiger partial charge in [-0.2, -0.15) is 0 Å². The molecule has 0 amide bonds. The first-order chi connectivity index (χ1) is 9.85. The Labute approximate surface area is 137 Å². The van der Waals surface area contributed by atoms with Gasteiger partial charge < -0.3 is 10.4 Å². The molecule has 0 aromatic heterocycles. The topological polar surface area (TPSA) is 35.5 Å². The summed E-state index contributed by atoms with van der Waals surface area (Å²) in [5.41, 5.74) is 2.61. The van der Waals surface area contributed by atoms with E-state index < -0.39 is 0 Å². The second-order valence-corrected chi connectivity index (χ2v) is 7.13. The SMILES string of the molecule is C=CCN(CCO)Cc1ccc(CNC(C)(C)C)cc1Br. The van der Waals surface area contributed by atoms with E-state index in [0.717, 1.165) is 24.1 Å². The summed E-state index contributed by atoms with van der Waals surface area (Å²) in [4.78, 5) is 2.17. The maximum Gasteiger partial charge on any atom is 0.0558 e. The van der Waals surface area contributed by atoms with Crippen LogP contribution in [0.15, 0.2) is 35.3 Å². The first-order valence-corrected chi connectivity index (χ1v) is 8.11. The summed E-state index contributed by atoms with van der Waals surface area (Å²) in [6.45, 7) is 13.5. The van der Waals surface area contributed by atoms with Crippen LogP contribution in [0.1, 0.15) is 31.9 Å². The lowest BCUT2D eigenvalue weighted by molar-refractivity contribution is 0.203. The van der Waals surface area contributed by atoms with Gasteiger partial charge in [-0.1, -0.05) is 34.1 Å². The maximum absolute atomic E-state index is 9.10. The van der Waals surface area contributed by atoms with Gasteiger partial charge in [0.1, 0.15) is 0 Å². The van der Waals surface area contributed by atoms with E-state index in [9.17, 15) is 0 Å². The molecule has 0 saturated heterocycles. The van der Waals surface area contributed by atoms with Gasteiger partial charge in [0.25, 0.3) is 0 Å². The summed E-state index contributed by atoms with van der Waals surface area (Å²) in [5.74, 6) is 0. The molecule has 2 N–H and O–H groups in total. The number of benzene rings is 1. The molecule has 0 heterocycles. The third-order valence-corrected chi connectivity index (χ3v) is 3.88. The van der Waals surface area contributed by atoms with Crippen LogP contribution in [-0.2, 0) is 13.1 Å². The first-order valence-electron chi connectivity index (χ1n) is 7.32. The van der Waals surface area contributed by atoms with Crippen molar-refractivity contribution in [2.45, 2.75) is 39.4 Å². The Balaban J connectivity index is 2.70. The Morgan fingerprint density at radius 1 is 1.38 bits per heavy atom. The molecule has 0 unspecified atom stereocenters. The smallest absolute Gasteiger partial charge is 0.0558 e. The van der Waals surface area contributed by atoms with Crippen LogP contribution in [0.3, 0.4) is 0 Å². The third-order valence-electron chi connectivity index (χ3n) is 3.14. The standard InChI is InChI=1S/C17H27BrN2O/c1-5-8-20(9-10-21)13-15-7-6-14(11-16(15)18)12-19-17(2,3)4/h5-7,11,19,21H,1,8-10,12-13H2,2-4H3. The van der Waals surface area contributed by atoms with Gasteiger partial charge in [0, 0.05) is 36.2 Å². The second kappa shape index (κ2) is 8.69. The summed E-state index contributed by atoms with van der Waals surface area (Å²) in [6.07, 6.45) is 1.87. The van der Waals surface area contributed by atoms with Crippen LogP contribution in [0.4, 0.5) is 0 Å². The van der Waals surface area contributed by atoms with E-state index in [4.69, 9.17) is 5.11 Å². The van der Waals surface area contributed by atoms with Gasteiger partial charge in [0.15, 0.2) is 0 Å². The molecule has 21 heavy (non-hydrogen) atoms. The van der Waals surface area contributed by atoms with Crippen molar-refractivity contribution in [2.75, 3.05) is 19.7 Å². The molecule has 0 atom stereocenters. The lowest BCUT2D eigenvalue weighted by atomic mass is 10.1. The fourth-order valence-corrected chi connectivity index (χ4v) is 2.55. The molecular weight excluding hydrogens is 328 g/mol. The molecule has 0 spiro atoms. The van der Waals surface area contributed by atoms with Gasteiger partial charge in [-0.05, 0) is 38.0 Å². The molecule has 0 saturated carbocycles. The fourth-order valence-electron chi connectivity index (χ4n) is 2.00. The molecule has 118 valence electrons. The molecule has 0 aliphatic carbocycles. The number of aliphatic hydroxyl groups excluding tert-OH is 1. The normalized spacial score (nSPS) is 11.9. The van der Waals surface area contributed by atoms with Gasteiger partial charge in [0.2, 0.25) is 0 Å². The molecule has 3 nitrogen and oxygen atoms in total. The summed E-state index contributed by atoms with van der Waals surface area (Å²) < 4.78 is 1.11. The summed E-state index contributed by atoms with van der Waals surface area (Å²) >= 11 is 3.66. The number of nitrogens with one attached hydrogen (secondary N) is 1. The summed E-state index contributed by atoms with van der Waals surface area (Å²) in [6, 6.07) is 6.47. The van der Waals surface area contributed by atoms with E-state index in [1.807, 2.05) is 6.08 Å². The minimum absolute atomic E-state index is 0.118. The van der Waals surface area contributed by atoms with E-state index in [1.54, 1.807) is 0 Å². The maximum atomic E-state index is 9.10. The van der Waals surface area contributed by atoms with Crippen molar-refractivity contribution in [3.05, 3.63) is 46.5 Å². The first kappa shape index (κ1) is 18.4. The quantitative estimate of drug-likeness (QED) is 0.703. The Kier molecular flexibility index (Phi) is 7.60. The van der Waals surface area contributed by atoms with Crippen LogP contribution >= 0.6 is 15.9 Å².